The second-order valence-electron chi connectivity index (χ2n) is 6.26. The highest BCUT2D eigenvalue weighted by Gasteiger charge is 2.31. The van der Waals surface area contributed by atoms with Gasteiger partial charge in [0.15, 0.2) is 5.65 Å². The molecule has 0 unspecified atom stereocenters. The summed E-state index contributed by atoms with van der Waals surface area (Å²) in [7, 11) is -3.48. The second-order valence-corrected chi connectivity index (χ2v) is 8.20. The van der Waals surface area contributed by atoms with E-state index in [1.165, 1.54) is 0 Å². The Morgan fingerprint density at radius 1 is 1.16 bits per heavy atom. The Hall–Kier alpha value is -2.45. The molecule has 1 aliphatic heterocycles. The number of pyridine rings is 1. The zero-order valence-corrected chi connectivity index (χ0v) is 14.4. The second kappa shape index (κ2) is 6.12. The van der Waals surface area contributed by atoms with E-state index in [2.05, 4.69) is 15.2 Å². The van der Waals surface area contributed by atoms with Gasteiger partial charge >= 0.3 is 0 Å². The fourth-order valence-corrected chi connectivity index (χ4v) is 4.85. The van der Waals surface area contributed by atoms with Gasteiger partial charge < -0.3 is 5.73 Å². The molecule has 0 bridgehead atoms. The summed E-state index contributed by atoms with van der Waals surface area (Å²) in [5, 5.41) is 7.60. The molecule has 7 nitrogen and oxygen atoms in total. The van der Waals surface area contributed by atoms with Gasteiger partial charge in [0.2, 0.25) is 10.0 Å². The van der Waals surface area contributed by atoms with Crippen LogP contribution in [0.2, 0.25) is 0 Å². The summed E-state index contributed by atoms with van der Waals surface area (Å²) in [6.45, 7) is 0.959. The number of aromatic nitrogens is 3. The first kappa shape index (κ1) is 16.0. The zero-order valence-electron chi connectivity index (χ0n) is 13.6. The summed E-state index contributed by atoms with van der Waals surface area (Å²) in [5.74, 6) is 0.542. The molecule has 0 saturated carbocycles. The van der Waals surface area contributed by atoms with Crippen LogP contribution in [-0.2, 0) is 10.0 Å². The summed E-state index contributed by atoms with van der Waals surface area (Å²) < 4.78 is 27.3. The number of sulfonamides is 1. The molecule has 3 heterocycles. The van der Waals surface area contributed by atoms with Crippen molar-refractivity contribution >= 4 is 26.9 Å². The minimum atomic E-state index is -3.48. The molecule has 2 aromatic heterocycles. The lowest BCUT2D eigenvalue weighted by atomic mass is 9.95. The number of fused-ring (bicyclic) bond motifs is 1. The number of hydrogen-bond donors (Lipinski definition) is 2. The van der Waals surface area contributed by atoms with Crippen LogP contribution in [0.4, 0.5) is 5.82 Å². The quantitative estimate of drug-likeness (QED) is 0.747. The first-order valence-electron chi connectivity index (χ1n) is 8.21. The number of anilines is 1. The van der Waals surface area contributed by atoms with Crippen LogP contribution in [0, 0.1) is 0 Å². The Morgan fingerprint density at radius 3 is 2.76 bits per heavy atom. The van der Waals surface area contributed by atoms with Crippen molar-refractivity contribution in [2.45, 2.75) is 23.7 Å². The van der Waals surface area contributed by atoms with E-state index < -0.39 is 10.0 Å². The summed E-state index contributed by atoms with van der Waals surface area (Å²) >= 11 is 0. The number of nitrogens with zero attached hydrogens (tertiary/aromatic N) is 3. The Balaban J connectivity index is 1.62. The van der Waals surface area contributed by atoms with Crippen molar-refractivity contribution < 1.29 is 8.42 Å². The maximum absolute atomic E-state index is 12.9. The van der Waals surface area contributed by atoms with Crippen LogP contribution < -0.4 is 5.73 Å². The molecule has 130 valence electrons. The van der Waals surface area contributed by atoms with Crippen molar-refractivity contribution in [3.63, 3.8) is 0 Å². The van der Waals surface area contributed by atoms with Gasteiger partial charge in [-0.3, -0.25) is 5.10 Å². The smallest absolute Gasteiger partial charge is 0.243 e. The predicted molar refractivity (Wildman–Crippen MR) is 95.5 cm³/mol. The highest BCUT2D eigenvalue weighted by atomic mass is 32.2. The highest BCUT2D eigenvalue weighted by Crippen LogP contribution is 2.30. The van der Waals surface area contributed by atoms with Crippen LogP contribution in [0.25, 0.3) is 11.0 Å². The molecule has 1 fully saturated rings. The maximum Gasteiger partial charge on any atom is 0.243 e. The molecule has 25 heavy (non-hydrogen) atoms. The van der Waals surface area contributed by atoms with E-state index in [9.17, 15) is 8.42 Å². The van der Waals surface area contributed by atoms with Gasteiger partial charge in [-0.15, -0.1) is 0 Å². The third-order valence-electron chi connectivity index (χ3n) is 4.65. The van der Waals surface area contributed by atoms with Crippen LogP contribution in [0.15, 0.2) is 47.4 Å². The number of nitrogen functional groups attached to an aromatic ring is 1. The van der Waals surface area contributed by atoms with Crippen LogP contribution >= 0.6 is 0 Å². The normalized spacial score (nSPS) is 19.3. The van der Waals surface area contributed by atoms with E-state index in [1.54, 1.807) is 28.6 Å². The van der Waals surface area contributed by atoms with Gasteiger partial charge in [-0.05, 0) is 37.1 Å². The fourth-order valence-electron chi connectivity index (χ4n) is 3.30. The van der Waals surface area contributed by atoms with Crippen molar-refractivity contribution in [1.29, 1.82) is 0 Å². The largest absolute Gasteiger partial charge is 0.384 e. The predicted octanol–water partition coefficient (Wildman–Crippen LogP) is 2.11. The molecule has 0 aliphatic carbocycles. The first-order valence-corrected chi connectivity index (χ1v) is 9.65. The Kier molecular flexibility index (Phi) is 3.93. The van der Waals surface area contributed by atoms with Crippen LogP contribution in [-0.4, -0.2) is 41.0 Å². The molecular weight excluding hydrogens is 338 g/mol. The van der Waals surface area contributed by atoms with Crippen LogP contribution in [0.5, 0.6) is 0 Å². The summed E-state index contributed by atoms with van der Waals surface area (Å²) in [6, 6.07) is 12.4. The van der Waals surface area contributed by atoms with Gasteiger partial charge in [0.25, 0.3) is 0 Å². The molecule has 3 aromatic rings. The van der Waals surface area contributed by atoms with Gasteiger partial charge in [0.1, 0.15) is 5.82 Å². The molecule has 1 saturated heterocycles. The molecular formula is C17H19N5O2S. The molecule has 0 spiro atoms. The van der Waals surface area contributed by atoms with Crippen molar-refractivity contribution in [3.05, 3.63) is 48.2 Å². The third kappa shape index (κ3) is 2.87. The average Bonchev–Trinajstić information content (AvgIpc) is 3.03. The van der Waals surface area contributed by atoms with Crippen LogP contribution in [0.1, 0.15) is 24.5 Å². The summed E-state index contributed by atoms with van der Waals surface area (Å²) in [4.78, 5) is 4.90. The minimum Gasteiger partial charge on any atom is -0.384 e. The topological polar surface area (TPSA) is 105 Å². The molecule has 1 aliphatic rings. The van der Waals surface area contributed by atoms with Crippen molar-refractivity contribution in [2.75, 3.05) is 18.8 Å². The number of aromatic amines is 1. The molecule has 0 amide bonds. The molecule has 0 radical (unpaired) electrons. The Bertz CT molecular complexity index is 1000. The minimum absolute atomic E-state index is 0.0505. The Morgan fingerprint density at radius 2 is 1.96 bits per heavy atom. The van der Waals surface area contributed by atoms with E-state index in [0.717, 1.165) is 23.9 Å². The number of piperidine rings is 1. The zero-order chi connectivity index (χ0) is 17.4. The number of benzene rings is 1. The molecule has 8 heteroatoms. The van der Waals surface area contributed by atoms with E-state index in [4.69, 9.17) is 5.73 Å². The van der Waals surface area contributed by atoms with Crippen molar-refractivity contribution in [3.8, 4) is 0 Å². The highest BCUT2D eigenvalue weighted by molar-refractivity contribution is 7.89. The third-order valence-corrected chi connectivity index (χ3v) is 6.53. The number of nitrogens with two attached hydrogens (primary N) is 1. The maximum atomic E-state index is 12.9. The standard InChI is InChI=1S/C17H19N5O2S/c18-16-14-8-9-15(19-17(14)21-20-16)12-5-4-10-22(11-12)25(23,24)13-6-2-1-3-7-13/h1-3,6-9,12H,4-5,10-11H2,(H3,18,19,20,21)/t12-/m0/s1. The van der Waals surface area contributed by atoms with Crippen molar-refractivity contribution in [1.82, 2.24) is 19.5 Å². The van der Waals surface area contributed by atoms with E-state index in [1.807, 2.05) is 18.2 Å². The lowest BCUT2D eigenvalue weighted by molar-refractivity contribution is 0.313. The van der Waals surface area contributed by atoms with Gasteiger partial charge in [-0.2, -0.15) is 9.40 Å². The molecule has 1 atom stereocenters. The first-order chi connectivity index (χ1) is 12.1. The molecule has 1 aromatic carbocycles. The molecule has 3 N–H and O–H groups in total. The fraction of sp³-hybridized carbons (Fsp3) is 0.294. The Labute approximate surface area is 145 Å². The van der Waals surface area contributed by atoms with Crippen molar-refractivity contribution in [2.24, 2.45) is 0 Å². The molecule has 4 rings (SSSR count). The average molecular weight is 357 g/mol. The van der Waals surface area contributed by atoms with Gasteiger partial charge in [-0.1, -0.05) is 18.2 Å². The van der Waals surface area contributed by atoms with Gasteiger partial charge in [0.05, 0.1) is 10.3 Å². The van der Waals surface area contributed by atoms with Crippen LogP contribution in [0.3, 0.4) is 0 Å². The SMILES string of the molecule is Nc1[nH]nc2nc([C@H]3CCCN(S(=O)(=O)c4ccccc4)C3)ccc12. The van der Waals surface area contributed by atoms with E-state index in [0.29, 0.717) is 29.5 Å². The van der Waals surface area contributed by atoms with E-state index >= 15 is 0 Å². The summed E-state index contributed by atoms with van der Waals surface area (Å²) in [5.41, 5.74) is 7.22. The number of hydrogen-bond acceptors (Lipinski definition) is 5. The van der Waals surface area contributed by atoms with Gasteiger partial charge in [-0.25, -0.2) is 13.4 Å². The number of rotatable bonds is 3. The number of H-pyrrole nitrogens is 1. The number of nitrogens with one attached hydrogen (secondary N) is 1. The lowest BCUT2D eigenvalue weighted by Crippen LogP contribution is -2.39. The van der Waals surface area contributed by atoms with Gasteiger partial charge in [0, 0.05) is 24.7 Å². The summed E-state index contributed by atoms with van der Waals surface area (Å²) in [6.07, 6.45) is 1.71. The van der Waals surface area contributed by atoms with E-state index in [-0.39, 0.29) is 5.92 Å². The lowest BCUT2D eigenvalue weighted by Gasteiger charge is -2.31. The monoisotopic (exact) mass is 357 g/mol.